The fourth-order valence-electron chi connectivity index (χ4n) is 2.24. The Bertz CT molecular complexity index is 899. The average Bonchev–Trinajstić information content (AvgIpc) is 2.63. The maximum Gasteiger partial charge on any atom is 0.397 e. The maximum absolute atomic E-state index is 11.1. The standard InChI is InChI=1S/C12H19NO16S2.3Na/c14-2-4(13-30(21,22)23)8(17)10(6(16)3-27-31(24,25)26)29-12-9(18)5(15)1-7(28-12)11(19)20;;;/h1-2,4-6,8-10,12-13,15-18H,3H2,(H,19,20)(H,21,22,23)(H,24,25,26);;;/t4-,5-,6+,8+,9+,10+,12-;;;/m0.../s1. The minimum absolute atomic E-state index is 0. The third kappa shape index (κ3) is 13.7. The van der Waals surface area contributed by atoms with Crippen LogP contribution in [0.4, 0.5) is 0 Å². The first-order chi connectivity index (χ1) is 14.1. The van der Waals surface area contributed by atoms with Crippen molar-refractivity contribution >= 4 is 122 Å². The van der Waals surface area contributed by atoms with Crippen LogP contribution in [0.2, 0.25) is 0 Å². The summed E-state index contributed by atoms with van der Waals surface area (Å²) in [5, 5.41) is 48.8. The van der Waals surface area contributed by atoms with E-state index in [1.807, 2.05) is 0 Å². The minimum atomic E-state index is -5.13. The van der Waals surface area contributed by atoms with Crippen molar-refractivity contribution in [2.45, 2.75) is 42.9 Å². The van der Waals surface area contributed by atoms with Crippen molar-refractivity contribution < 1.29 is 74.7 Å². The van der Waals surface area contributed by atoms with E-state index in [-0.39, 0.29) is 95.0 Å². The molecule has 0 aliphatic carbocycles. The predicted octanol–water partition coefficient (Wildman–Crippen LogP) is -6.22. The van der Waals surface area contributed by atoms with E-state index in [2.05, 4.69) is 4.18 Å². The van der Waals surface area contributed by atoms with Crippen LogP contribution in [0.25, 0.3) is 0 Å². The van der Waals surface area contributed by atoms with Gasteiger partial charge in [0, 0.05) is 88.7 Å². The van der Waals surface area contributed by atoms with Crippen LogP contribution in [-0.2, 0) is 43.9 Å². The molecule has 0 aromatic rings. The van der Waals surface area contributed by atoms with Crippen molar-refractivity contribution in [1.82, 2.24) is 4.72 Å². The topological polar surface area (TPSA) is 284 Å². The van der Waals surface area contributed by atoms with Crippen LogP contribution in [0.1, 0.15) is 0 Å². The number of aliphatic carboxylic acids is 1. The molecule has 0 spiro atoms. The van der Waals surface area contributed by atoms with Gasteiger partial charge in [-0.25, -0.2) is 8.98 Å². The molecule has 0 aromatic heterocycles. The van der Waals surface area contributed by atoms with Crippen molar-refractivity contribution in [3.63, 3.8) is 0 Å². The molecule has 8 N–H and O–H groups in total. The molecule has 0 saturated heterocycles. The number of aliphatic hydroxyl groups excluding tert-OH is 4. The molecule has 0 saturated carbocycles. The van der Waals surface area contributed by atoms with Gasteiger partial charge in [-0.1, -0.05) is 0 Å². The average molecular weight is 566 g/mol. The smallest absolute Gasteiger partial charge is 0.397 e. The van der Waals surface area contributed by atoms with E-state index >= 15 is 0 Å². The van der Waals surface area contributed by atoms with E-state index < -0.39 is 81.9 Å². The van der Waals surface area contributed by atoms with E-state index in [0.29, 0.717) is 6.08 Å². The molecular weight excluding hydrogens is 547 g/mol. The molecule has 183 valence electrons. The van der Waals surface area contributed by atoms with E-state index in [1.165, 1.54) is 4.72 Å². The van der Waals surface area contributed by atoms with Gasteiger partial charge >= 0.3 is 26.7 Å². The summed E-state index contributed by atoms with van der Waals surface area (Å²) in [5.41, 5.74) is 0. The van der Waals surface area contributed by atoms with Crippen LogP contribution >= 0.6 is 0 Å². The molecule has 0 aromatic carbocycles. The summed E-state index contributed by atoms with van der Waals surface area (Å²) in [5.74, 6) is -2.67. The zero-order valence-electron chi connectivity index (χ0n) is 18.0. The summed E-state index contributed by atoms with van der Waals surface area (Å²) >= 11 is 0. The summed E-state index contributed by atoms with van der Waals surface area (Å²) < 4.78 is 75.4. The molecule has 1 aliphatic heterocycles. The third-order valence-corrected chi connectivity index (χ3v) is 4.60. The van der Waals surface area contributed by atoms with Crippen LogP contribution in [0.3, 0.4) is 0 Å². The minimum Gasteiger partial charge on any atom is -0.475 e. The molecule has 3 radical (unpaired) electrons. The number of hydrogen-bond donors (Lipinski definition) is 8. The fraction of sp³-hybridized carbons (Fsp3) is 0.667. The van der Waals surface area contributed by atoms with Gasteiger partial charge in [-0.05, 0) is 6.08 Å². The first-order valence-electron chi connectivity index (χ1n) is 7.87. The Morgan fingerprint density at radius 1 is 1.15 bits per heavy atom. The Kier molecular flexibility index (Phi) is 19.8. The Morgan fingerprint density at radius 2 is 1.68 bits per heavy atom. The number of aldehydes is 1. The first-order valence-corrected chi connectivity index (χ1v) is 10.7. The van der Waals surface area contributed by atoms with E-state index in [4.69, 9.17) is 23.7 Å². The van der Waals surface area contributed by atoms with Gasteiger partial charge in [0.2, 0.25) is 12.0 Å². The molecule has 1 aliphatic rings. The largest absolute Gasteiger partial charge is 0.475 e. The van der Waals surface area contributed by atoms with Crippen LogP contribution in [0.5, 0.6) is 0 Å². The van der Waals surface area contributed by atoms with Crippen molar-refractivity contribution in [2.75, 3.05) is 6.61 Å². The summed E-state index contributed by atoms with van der Waals surface area (Å²) in [6.45, 7) is -1.36. The van der Waals surface area contributed by atoms with Gasteiger partial charge in [-0.15, -0.1) is 0 Å². The zero-order chi connectivity index (χ0) is 24.1. The molecule has 22 heteroatoms. The summed E-state index contributed by atoms with van der Waals surface area (Å²) in [7, 11) is -10.2. The first kappa shape index (κ1) is 39.7. The quantitative estimate of drug-likeness (QED) is 0.0619. The summed E-state index contributed by atoms with van der Waals surface area (Å²) in [6.07, 6.45) is -12.9. The number of carbonyl (C=O) groups is 2. The van der Waals surface area contributed by atoms with E-state index in [9.17, 15) is 46.9 Å². The number of nitrogens with one attached hydrogen (secondary N) is 1. The second-order valence-electron chi connectivity index (χ2n) is 5.93. The van der Waals surface area contributed by atoms with Crippen LogP contribution in [-0.4, -0.2) is 202 Å². The van der Waals surface area contributed by atoms with Gasteiger partial charge < -0.3 is 39.8 Å². The van der Waals surface area contributed by atoms with Crippen molar-refractivity contribution in [1.29, 1.82) is 0 Å². The Morgan fingerprint density at radius 3 is 2.09 bits per heavy atom. The number of carboxylic acid groups (broad SMARTS) is 1. The van der Waals surface area contributed by atoms with Gasteiger partial charge in [0.1, 0.15) is 42.8 Å². The number of hydrogen-bond acceptors (Lipinski definition) is 13. The van der Waals surface area contributed by atoms with E-state index in [1.54, 1.807) is 0 Å². The predicted molar refractivity (Wildman–Crippen MR) is 109 cm³/mol. The Balaban J connectivity index is -0.00000320. The van der Waals surface area contributed by atoms with Gasteiger partial charge in [0.15, 0.2) is 0 Å². The molecule has 0 fully saturated rings. The zero-order valence-corrected chi connectivity index (χ0v) is 25.7. The second kappa shape index (κ2) is 16.9. The van der Waals surface area contributed by atoms with Gasteiger partial charge in [0.25, 0.3) is 0 Å². The molecule has 7 atom stereocenters. The number of ether oxygens (including phenoxy) is 2. The molecule has 1 heterocycles. The molecule has 0 bridgehead atoms. The van der Waals surface area contributed by atoms with Gasteiger partial charge in [-0.3, -0.25) is 9.11 Å². The number of carboxylic acids is 1. The number of carbonyl (C=O) groups excluding carboxylic acids is 1. The van der Waals surface area contributed by atoms with Gasteiger partial charge in [-0.2, -0.15) is 21.6 Å². The van der Waals surface area contributed by atoms with Gasteiger partial charge in [0.05, 0.1) is 6.61 Å². The monoisotopic (exact) mass is 566 g/mol. The molecule has 0 unspecified atom stereocenters. The van der Waals surface area contributed by atoms with Crippen LogP contribution in [0, 0.1) is 0 Å². The summed E-state index contributed by atoms with van der Waals surface area (Å²) in [4.78, 5) is 22.1. The molecule has 34 heavy (non-hydrogen) atoms. The Hall–Kier alpha value is 1.22. The normalized spacial score (nSPS) is 23.8. The molecule has 0 amide bonds. The molecule has 17 nitrogen and oxygen atoms in total. The third-order valence-electron chi connectivity index (χ3n) is 3.60. The maximum atomic E-state index is 11.1. The summed E-state index contributed by atoms with van der Waals surface area (Å²) in [6, 6.07) is -2.24. The van der Waals surface area contributed by atoms with Crippen molar-refractivity contribution in [3.05, 3.63) is 11.8 Å². The SMILES string of the molecule is O=C[C@H](NS(=O)(=O)O)[C@@H](O)[C@H](O[C@@H]1OC(C(=O)O)=C[C@H](O)[C@H]1O)[C@H](O)COS(=O)(=O)O.[Na].[Na].[Na]. The Labute approximate surface area is 259 Å². The van der Waals surface area contributed by atoms with Crippen LogP contribution in [0.15, 0.2) is 11.8 Å². The van der Waals surface area contributed by atoms with Crippen LogP contribution < -0.4 is 4.72 Å². The van der Waals surface area contributed by atoms with Crippen molar-refractivity contribution in [3.8, 4) is 0 Å². The second-order valence-corrected chi connectivity index (χ2v) is 8.21. The van der Waals surface area contributed by atoms with E-state index in [0.717, 1.165) is 0 Å². The molecular formula is C12H19NNa3O16S2. The molecule has 1 rings (SSSR count). The number of aliphatic hydroxyl groups is 4. The number of rotatable bonds is 12. The fourth-order valence-corrected chi connectivity index (χ4v) is 3.09. The van der Waals surface area contributed by atoms with Crippen molar-refractivity contribution in [2.24, 2.45) is 0 Å².